The number of nitrogens with one attached hydrogen (secondary N) is 1. The summed E-state index contributed by atoms with van der Waals surface area (Å²) >= 11 is 0. The van der Waals surface area contributed by atoms with Crippen molar-refractivity contribution >= 4 is 0 Å². The highest BCUT2D eigenvalue weighted by Crippen LogP contribution is 2.01. The third-order valence-corrected chi connectivity index (χ3v) is 1.54. The van der Waals surface area contributed by atoms with E-state index in [4.69, 9.17) is 4.42 Å². The number of aromatic nitrogens is 2. The number of halogens is 2. The third kappa shape index (κ3) is 4.80. The van der Waals surface area contributed by atoms with Gasteiger partial charge >= 0.3 is 0 Å². The lowest BCUT2D eigenvalue weighted by atomic mass is 10.4. The second-order valence-corrected chi connectivity index (χ2v) is 2.84. The number of alkyl halides is 2. The Balaban J connectivity index is 2.19. The Morgan fingerprint density at radius 3 is 2.80 bits per heavy atom. The van der Waals surface area contributed by atoms with E-state index >= 15 is 0 Å². The molecule has 0 radical (unpaired) electrons. The molecule has 1 aromatic rings. The van der Waals surface area contributed by atoms with Crippen LogP contribution in [0.25, 0.3) is 0 Å². The summed E-state index contributed by atoms with van der Waals surface area (Å²) in [6, 6.07) is 0. The molecule has 0 fully saturated rings. The molecule has 0 bridgehead atoms. The summed E-state index contributed by atoms with van der Waals surface area (Å²) in [5.74, 6) is 0.871. The molecular weight excluding hydrogens is 208 g/mol. The van der Waals surface area contributed by atoms with Gasteiger partial charge in [0.25, 0.3) is 6.43 Å². The van der Waals surface area contributed by atoms with Crippen molar-refractivity contribution < 1.29 is 17.9 Å². The zero-order valence-corrected chi connectivity index (χ0v) is 8.37. The van der Waals surface area contributed by atoms with E-state index in [-0.39, 0.29) is 6.61 Å². The molecule has 86 valence electrons. The highest BCUT2D eigenvalue weighted by atomic mass is 19.3. The van der Waals surface area contributed by atoms with Crippen LogP contribution in [0.15, 0.2) is 4.42 Å². The molecule has 0 aromatic carbocycles. The summed E-state index contributed by atoms with van der Waals surface area (Å²) in [4.78, 5) is 0. The van der Waals surface area contributed by atoms with Crippen LogP contribution in [-0.4, -0.2) is 36.9 Å². The quantitative estimate of drug-likeness (QED) is 0.684. The van der Waals surface area contributed by atoms with E-state index < -0.39 is 13.0 Å². The van der Waals surface area contributed by atoms with Gasteiger partial charge in [0.15, 0.2) is 0 Å². The zero-order chi connectivity index (χ0) is 11.1. The topological polar surface area (TPSA) is 60.2 Å². The average Bonchev–Trinajstić information content (AvgIpc) is 2.61. The molecule has 0 amide bonds. The van der Waals surface area contributed by atoms with Gasteiger partial charge < -0.3 is 14.5 Å². The van der Waals surface area contributed by atoms with Crippen molar-refractivity contribution in [3.63, 3.8) is 0 Å². The molecule has 1 rings (SSSR count). The molecule has 0 aliphatic carbocycles. The van der Waals surface area contributed by atoms with E-state index in [1.54, 1.807) is 7.05 Å². The molecule has 1 N–H and O–H groups in total. The molecule has 0 aliphatic heterocycles. The summed E-state index contributed by atoms with van der Waals surface area (Å²) in [6.07, 6.45) is -2.09. The number of hydrogen-bond donors (Lipinski definition) is 1. The van der Waals surface area contributed by atoms with Crippen molar-refractivity contribution in [1.29, 1.82) is 0 Å². The van der Waals surface area contributed by atoms with E-state index in [1.165, 1.54) is 0 Å². The fourth-order valence-corrected chi connectivity index (χ4v) is 0.944. The van der Waals surface area contributed by atoms with Gasteiger partial charge in [-0.25, -0.2) is 8.78 Å². The van der Waals surface area contributed by atoms with Crippen LogP contribution < -0.4 is 5.32 Å². The van der Waals surface area contributed by atoms with Crippen LogP contribution in [0.1, 0.15) is 11.8 Å². The van der Waals surface area contributed by atoms with Gasteiger partial charge in [0.2, 0.25) is 11.8 Å². The van der Waals surface area contributed by atoms with Crippen molar-refractivity contribution in [3.8, 4) is 0 Å². The van der Waals surface area contributed by atoms with Gasteiger partial charge in [-0.15, -0.1) is 10.2 Å². The minimum atomic E-state index is -2.44. The standard InChI is InChI=1S/C8H13F2N3O2/c1-11-4-8-13-12-7(15-8)2-3-14-5-6(9)10/h6,11H,2-5H2,1H3. The predicted octanol–water partition coefficient (Wildman–Crippen LogP) is 0.613. The highest BCUT2D eigenvalue weighted by Gasteiger charge is 2.06. The lowest BCUT2D eigenvalue weighted by Gasteiger charge is -1.99. The predicted molar refractivity (Wildman–Crippen MR) is 47.6 cm³/mol. The second-order valence-electron chi connectivity index (χ2n) is 2.84. The van der Waals surface area contributed by atoms with Crippen LogP contribution in [0.5, 0.6) is 0 Å². The highest BCUT2D eigenvalue weighted by molar-refractivity contribution is 4.81. The Bertz CT molecular complexity index is 281. The van der Waals surface area contributed by atoms with Gasteiger partial charge in [-0.2, -0.15) is 0 Å². The molecule has 0 aliphatic rings. The molecule has 0 saturated heterocycles. The number of nitrogens with zero attached hydrogens (tertiary/aromatic N) is 2. The van der Waals surface area contributed by atoms with Gasteiger partial charge in [-0.3, -0.25) is 0 Å². The normalized spacial score (nSPS) is 11.2. The van der Waals surface area contributed by atoms with Crippen LogP contribution in [0.2, 0.25) is 0 Å². The largest absolute Gasteiger partial charge is 0.424 e. The lowest BCUT2D eigenvalue weighted by molar-refractivity contribution is 0.0173. The van der Waals surface area contributed by atoms with Gasteiger partial charge in [0.1, 0.15) is 6.61 Å². The van der Waals surface area contributed by atoms with Crippen molar-refractivity contribution in [2.24, 2.45) is 0 Å². The Kier molecular flexibility index (Phi) is 5.13. The summed E-state index contributed by atoms with van der Waals surface area (Å²) < 4.78 is 33.2. The first-order valence-electron chi connectivity index (χ1n) is 4.54. The Morgan fingerprint density at radius 1 is 1.40 bits per heavy atom. The van der Waals surface area contributed by atoms with E-state index in [0.29, 0.717) is 24.7 Å². The molecule has 1 aromatic heterocycles. The van der Waals surface area contributed by atoms with E-state index in [2.05, 4.69) is 20.3 Å². The van der Waals surface area contributed by atoms with Crippen LogP contribution in [0.4, 0.5) is 8.78 Å². The zero-order valence-electron chi connectivity index (χ0n) is 8.37. The number of ether oxygens (including phenoxy) is 1. The molecule has 5 nitrogen and oxygen atoms in total. The van der Waals surface area contributed by atoms with Crippen molar-refractivity contribution in [3.05, 3.63) is 11.8 Å². The maximum Gasteiger partial charge on any atom is 0.261 e. The first kappa shape index (κ1) is 12.0. The number of hydrogen-bond acceptors (Lipinski definition) is 5. The monoisotopic (exact) mass is 221 g/mol. The Morgan fingerprint density at radius 2 is 2.13 bits per heavy atom. The minimum Gasteiger partial charge on any atom is -0.424 e. The van der Waals surface area contributed by atoms with Crippen molar-refractivity contribution in [2.75, 3.05) is 20.3 Å². The average molecular weight is 221 g/mol. The van der Waals surface area contributed by atoms with Crippen LogP contribution in [-0.2, 0) is 17.7 Å². The summed E-state index contributed by atoms with van der Waals surface area (Å²) in [5, 5.41) is 10.3. The minimum absolute atomic E-state index is 0.158. The molecule has 0 spiro atoms. The van der Waals surface area contributed by atoms with Crippen molar-refractivity contribution in [2.45, 2.75) is 19.4 Å². The molecule has 1 heterocycles. The summed E-state index contributed by atoms with van der Waals surface area (Å²) in [5.41, 5.74) is 0. The van der Waals surface area contributed by atoms with Crippen LogP contribution in [0, 0.1) is 0 Å². The number of rotatable bonds is 7. The van der Waals surface area contributed by atoms with E-state index in [0.717, 1.165) is 0 Å². The fourth-order valence-electron chi connectivity index (χ4n) is 0.944. The van der Waals surface area contributed by atoms with Gasteiger partial charge in [-0.1, -0.05) is 0 Å². The van der Waals surface area contributed by atoms with E-state index in [1.807, 2.05) is 0 Å². The van der Waals surface area contributed by atoms with Gasteiger partial charge in [-0.05, 0) is 7.05 Å². The SMILES string of the molecule is CNCc1nnc(CCOCC(F)F)o1. The van der Waals surface area contributed by atoms with Crippen molar-refractivity contribution in [1.82, 2.24) is 15.5 Å². The summed E-state index contributed by atoms with van der Waals surface area (Å²) in [7, 11) is 1.76. The molecular formula is C8H13F2N3O2. The maximum absolute atomic E-state index is 11.7. The molecule has 7 heteroatoms. The van der Waals surface area contributed by atoms with Gasteiger partial charge in [0, 0.05) is 6.42 Å². The Hall–Kier alpha value is -1.08. The Labute approximate surface area is 85.8 Å². The first-order valence-corrected chi connectivity index (χ1v) is 4.54. The first-order chi connectivity index (χ1) is 7.22. The van der Waals surface area contributed by atoms with Gasteiger partial charge in [0.05, 0.1) is 13.2 Å². The van der Waals surface area contributed by atoms with Crippen LogP contribution in [0.3, 0.4) is 0 Å². The summed E-state index contributed by atoms with van der Waals surface area (Å²) in [6.45, 7) is 0.0912. The molecule has 0 saturated carbocycles. The second kappa shape index (κ2) is 6.41. The molecule has 0 unspecified atom stereocenters. The maximum atomic E-state index is 11.7. The smallest absolute Gasteiger partial charge is 0.261 e. The third-order valence-electron chi connectivity index (χ3n) is 1.54. The molecule has 0 atom stereocenters. The molecule has 15 heavy (non-hydrogen) atoms. The van der Waals surface area contributed by atoms with Crippen LogP contribution >= 0.6 is 0 Å². The lowest BCUT2D eigenvalue weighted by Crippen LogP contribution is -2.07. The fraction of sp³-hybridized carbons (Fsp3) is 0.750. The van der Waals surface area contributed by atoms with E-state index in [9.17, 15) is 8.78 Å².